The summed E-state index contributed by atoms with van der Waals surface area (Å²) in [6, 6.07) is 6.29. The van der Waals surface area contributed by atoms with Crippen LogP contribution >= 0.6 is 11.3 Å². The molecule has 3 N–H and O–H groups in total. The van der Waals surface area contributed by atoms with Gasteiger partial charge in [-0.1, -0.05) is 10.4 Å². The molecule has 1 saturated carbocycles. The number of fused-ring (bicyclic) bond motifs is 2. The van der Waals surface area contributed by atoms with Crippen LogP contribution in [0.4, 0.5) is 24.7 Å². The number of pyridine rings is 2. The lowest BCUT2D eigenvalue weighted by Crippen LogP contribution is -2.25. The van der Waals surface area contributed by atoms with E-state index >= 15 is 8.78 Å². The molecule has 1 aliphatic rings. The predicted octanol–water partition coefficient (Wildman–Crippen LogP) is 0.793. The van der Waals surface area contributed by atoms with Crippen molar-refractivity contribution in [2.45, 2.75) is 21.4 Å². The molecule has 6 rings (SSSR count). The predicted molar refractivity (Wildman–Crippen MR) is 165 cm³/mol. The number of nitrogens with two attached hydrogens (primary N) is 1. The molecule has 41 heavy (non-hydrogen) atoms. The Labute approximate surface area is 239 Å². The van der Waals surface area contributed by atoms with Crippen LogP contribution in [0.2, 0.25) is 10.4 Å². The number of thiazole rings is 1. The smallest absolute Gasteiger partial charge is 0.264 e. The molecule has 1 fully saturated rings. The molecule has 0 bridgehead atoms. The number of halogens is 3. The van der Waals surface area contributed by atoms with Crippen LogP contribution in [0.1, 0.15) is 6.04 Å². The highest BCUT2D eigenvalue weighted by Crippen LogP contribution is 2.76. The molecule has 0 atom stereocenters. The first-order valence-corrected chi connectivity index (χ1v) is 14.9. The number of anilines is 2. The lowest BCUT2D eigenvalue weighted by molar-refractivity contribution is 0.569. The minimum absolute atomic E-state index is 0.173. The molecule has 17 heteroatoms. The molecule has 1 aliphatic carbocycles. The molecule has 0 saturated heterocycles. The van der Waals surface area contributed by atoms with E-state index in [1.807, 2.05) is 36.1 Å². The third kappa shape index (κ3) is 4.08. The second-order valence-electron chi connectivity index (χ2n) is 11.2. The summed E-state index contributed by atoms with van der Waals surface area (Å²) < 4.78 is 76.2. The van der Waals surface area contributed by atoms with Crippen LogP contribution in [-0.4, -0.2) is 54.3 Å². The van der Waals surface area contributed by atoms with E-state index in [1.165, 1.54) is 28.4 Å². The van der Waals surface area contributed by atoms with Crippen LogP contribution in [0.3, 0.4) is 0 Å². The van der Waals surface area contributed by atoms with E-state index < -0.39 is 49.2 Å². The number of hydrogen-bond donors (Lipinski definition) is 2. The van der Waals surface area contributed by atoms with E-state index in [2.05, 4.69) is 9.97 Å². The molecule has 3 aromatic heterocycles. The normalized spacial score (nSPS) is 16.3. The van der Waals surface area contributed by atoms with Gasteiger partial charge in [-0.05, 0) is 24.3 Å². The summed E-state index contributed by atoms with van der Waals surface area (Å²) in [5, 5.41) is -0.256. The van der Waals surface area contributed by atoms with Crippen LogP contribution in [0.5, 0.6) is 0 Å². The van der Waals surface area contributed by atoms with Gasteiger partial charge in [0.1, 0.15) is 53.7 Å². The van der Waals surface area contributed by atoms with E-state index in [0.29, 0.717) is 15.6 Å². The Bertz CT molecular complexity index is 2090. The Morgan fingerprint density at radius 2 is 1.71 bits per heavy atom. The van der Waals surface area contributed by atoms with Gasteiger partial charge in [0.05, 0.1) is 38.1 Å². The van der Waals surface area contributed by atoms with E-state index in [4.69, 9.17) is 5.73 Å². The van der Waals surface area contributed by atoms with Gasteiger partial charge in [-0.2, -0.15) is 0 Å². The second-order valence-corrected chi connectivity index (χ2v) is 13.8. The topological polar surface area (TPSA) is 120 Å². The fourth-order valence-corrected chi connectivity index (χ4v) is 7.55. The average molecular weight is 591 g/mol. The SMILES string of the molecule is BC1(B)C(n2c(=O)c(-c3c(F)ccc(NS(=O)(=O)c4cc5scnc5cc4F)c3F)cc3cnc(N)cc32)C1(B)B. The van der Waals surface area contributed by atoms with Gasteiger partial charge in [0.15, 0.2) is 5.82 Å². The fourth-order valence-electron chi connectivity index (χ4n) is 5.63. The zero-order chi connectivity index (χ0) is 29.6. The van der Waals surface area contributed by atoms with Gasteiger partial charge in [0.2, 0.25) is 0 Å². The van der Waals surface area contributed by atoms with E-state index in [0.717, 1.165) is 35.6 Å². The zero-order valence-corrected chi connectivity index (χ0v) is 23.9. The van der Waals surface area contributed by atoms with E-state index in [-0.39, 0.29) is 33.4 Å². The Hall–Kier alpha value is -3.71. The molecular weight excluding hydrogens is 571 g/mol. The van der Waals surface area contributed by atoms with Crippen LogP contribution in [-0.2, 0) is 10.0 Å². The molecule has 0 amide bonds. The standard InChI is InChI=1S/C24H20B4F3N5O3S2/c25-23(26)22(24(23,27)28)36-15-5-18(32)33-7-9(15)3-10(21(36)37)19-11(29)1-2-13(20(19)31)35-41(38,39)17-6-16-14(4-12(17)30)34-8-40-16/h1-8,22,35H,25-28H2,(H2,32,33). The van der Waals surface area contributed by atoms with Crippen LogP contribution in [0.25, 0.3) is 32.2 Å². The summed E-state index contributed by atoms with van der Waals surface area (Å²) in [7, 11) is 3.31. The maximum Gasteiger partial charge on any atom is 0.264 e. The highest BCUT2D eigenvalue weighted by atomic mass is 32.2. The highest BCUT2D eigenvalue weighted by molar-refractivity contribution is 7.92. The maximum atomic E-state index is 16.0. The van der Waals surface area contributed by atoms with Crippen molar-refractivity contribution < 1.29 is 21.6 Å². The molecule has 2 aromatic carbocycles. The molecule has 0 aliphatic heterocycles. The second kappa shape index (κ2) is 8.89. The van der Waals surface area contributed by atoms with Crippen molar-refractivity contribution in [1.29, 1.82) is 0 Å². The summed E-state index contributed by atoms with van der Waals surface area (Å²) in [4.78, 5) is 21.3. The summed E-state index contributed by atoms with van der Waals surface area (Å²) in [6.45, 7) is 0. The summed E-state index contributed by atoms with van der Waals surface area (Å²) in [5.41, 5.74) is 5.70. The Balaban J connectivity index is 1.53. The Kier molecular flexibility index (Phi) is 5.96. The molecule has 0 spiro atoms. The number of aromatic nitrogens is 3. The molecule has 5 aromatic rings. The molecule has 3 heterocycles. The average Bonchev–Trinajstić information content (AvgIpc) is 3.17. The largest absolute Gasteiger partial charge is 0.384 e. The van der Waals surface area contributed by atoms with Gasteiger partial charge in [-0.15, -0.1) is 11.3 Å². The molecule has 0 radical (unpaired) electrons. The van der Waals surface area contributed by atoms with Gasteiger partial charge in [0.25, 0.3) is 15.6 Å². The minimum Gasteiger partial charge on any atom is -0.384 e. The molecule has 204 valence electrons. The number of nitrogens with one attached hydrogen (secondary N) is 1. The van der Waals surface area contributed by atoms with Crippen LogP contribution in [0, 0.1) is 17.5 Å². The van der Waals surface area contributed by atoms with E-state index in [9.17, 15) is 17.6 Å². The number of benzene rings is 2. The van der Waals surface area contributed by atoms with Crippen molar-refractivity contribution in [1.82, 2.24) is 14.5 Å². The van der Waals surface area contributed by atoms with Crippen molar-refractivity contribution >= 4 is 85.4 Å². The first-order valence-electron chi connectivity index (χ1n) is 12.5. The van der Waals surface area contributed by atoms with Crippen molar-refractivity contribution in [3.05, 3.63) is 75.9 Å². The first-order chi connectivity index (χ1) is 19.1. The fraction of sp³-hybridized carbons (Fsp3) is 0.125. The van der Waals surface area contributed by atoms with Gasteiger partial charge >= 0.3 is 0 Å². The van der Waals surface area contributed by atoms with E-state index in [1.54, 1.807) is 0 Å². The Morgan fingerprint density at radius 1 is 1.00 bits per heavy atom. The van der Waals surface area contributed by atoms with Crippen molar-refractivity contribution in [2.24, 2.45) is 0 Å². The highest BCUT2D eigenvalue weighted by Gasteiger charge is 2.64. The Morgan fingerprint density at radius 3 is 2.39 bits per heavy atom. The monoisotopic (exact) mass is 591 g/mol. The number of sulfonamides is 1. The quantitative estimate of drug-likeness (QED) is 0.292. The van der Waals surface area contributed by atoms with Crippen molar-refractivity contribution in [3.8, 4) is 11.1 Å². The van der Waals surface area contributed by atoms with Gasteiger partial charge in [-0.25, -0.2) is 31.6 Å². The lowest BCUT2D eigenvalue weighted by atomic mass is 9.49. The molecular formula is C24H20B4F3N5O3S2. The summed E-state index contributed by atoms with van der Waals surface area (Å²) in [5.74, 6) is -3.32. The van der Waals surface area contributed by atoms with Crippen LogP contribution in [0.15, 0.2) is 57.8 Å². The molecule has 8 nitrogen and oxygen atoms in total. The zero-order valence-electron chi connectivity index (χ0n) is 22.3. The number of hydrogen-bond acceptors (Lipinski definition) is 7. The number of rotatable bonds is 5. The maximum absolute atomic E-state index is 16.0. The third-order valence-corrected chi connectivity index (χ3v) is 10.6. The summed E-state index contributed by atoms with van der Waals surface area (Å²) >= 11 is 1.11. The molecule has 0 unspecified atom stereocenters. The minimum atomic E-state index is -4.66. The number of nitrogens with zero attached hydrogens (tertiary/aromatic N) is 3. The number of nitrogen functional groups attached to an aromatic ring is 1. The van der Waals surface area contributed by atoms with Gasteiger partial charge in [0, 0.05) is 29.8 Å². The van der Waals surface area contributed by atoms with Gasteiger partial charge in [-0.3, -0.25) is 9.52 Å². The third-order valence-electron chi connectivity index (χ3n) is 8.42. The van der Waals surface area contributed by atoms with Gasteiger partial charge < -0.3 is 10.3 Å². The van der Waals surface area contributed by atoms with Crippen molar-refractivity contribution in [2.75, 3.05) is 10.5 Å². The lowest BCUT2D eigenvalue weighted by Gasteiger charge is -2.17. The van der Waals surface area contributed by atoms with Crippen LogP contribution < -0.4 is 16.0 Å². The summed E-state index contributed by atoms with van der Waals surface area (Å²) in [6.07, 6.45) is 1.41. The van der Waals surface area contributed by atoms with Crippen molar-refractivity contribution in [3.63, 3.8) is 0 Å². The first kappa shape index (κ1) is 27.5.